The molecule has 0 aliphatic carbocycles. The highest BCUT2D eigenvalue weighted by molar-refractivity contribution is 7.99. The van der Waals surface area contributed by atoms with Crippen LogP contribution in [0, 0.1) is 5.82 Å². The summed E-state index contributed by atoms with van der Waals surface area (Å²) in [6.07, 6.45) is 0. The van der Waals surface area contributed by atoms with E-state index in [0.717, 1.165) is 0 Å². The Morgan fingerprint density at radius 3 is 2.72 bits per heavy atom. The molecule has 1 aromatic heterocycles. The number of carbonyl (C=O) groups is 1. The summed E-state index contributed by atoms with van der Waals surface area (Å²) in [5.74, 6) is 0.237. The van der Waals surface area contributed by atoms with Crippen molar-refractivity contribution in [1.82, 2.24) is 14.8 Å². The molecule has 1 N–H and O–H groups in total. The third-order valence-electron chi connectivity index (χ3n) is 3.71. The number of benzene rings is 2. The average molecular weight is 476 g/mol. The van der Waals surface area contributed by atoms with E-state index in [-0.39, 0.29) is 23.3 Å². The molecule has 0 fully saturated rings. The van der Waals surface area contributed by atoms with Crippen LogP contribution in [0.4, 0.5) is 10.1 Å². The Labute approximate surface area is 185 Å². The molecule has 1 amide bonds. The van der Waals surface area contributed by atoms with Crippen LogP contribution < -0.4 is 10.1 Å². The van der Waals surface area contributed by atoms with Gasteiger partial charge in [-0.2, -0.15) is 0 Å². The van der Waals surface area contributed by atoms with Gasteiger partial charge in [-0.05, 0) is 30.3 Å². The Kier molecular flexibility index (Phi) is 7.23. The number of anilines is 1. The van der Waals surface area contributed by atoms with E-state index in [1.165, 1.54) is 30.0 Å². The normalized spacial score (nSPS) is 10.8. The van der Waals surface area contributed by atoms with Crippen molar-refractivity contribution in [2.75, 3.05) is 11.1 Å². The number of ether oxygens (including phenoxy) is 1. The van der Waals surface area contributed by atoms with Gasteiger partial charge in [0.25, 0.3) is 0 Å². The van der Waals surface area contributed by atoms with E-state index in [4.69, 9.17) is 39.5 Å². The van der Waals surface area contributed by atoms with Crippen LogP contribution in [0.2, 0.25) is 15.1 Å². The van der Waals surface area contributed by atoms with Crippen LogP contribution in [-0.4, -0.2) is 26.4 Å². The van der Waals surface area contributed by atoms with E-state index >= 15 is 0 Å². The number of thioether (sulfide) groups is 1. The fourth-order valence-electron chi connectivity index (χ4n) is 2.23. The highest BCUT2D eigenvalue weighted by atomic mass is 35.5. The minimum Gasteiger partial charge on any atom is -0.484 e. The van der Waals surface area contributed by atoms with Gasteiger partial charge in [0.15, 0.2) is 11.0 Å². The van der Waals surface area contributed by atoms with Crippen LogP contribution in [0.15, 0.2) is 41.6 Å². The Bertz CT molecular complexity index is 1050. The lowest BCUT2D eigenvalue weighted by atomic mass is 10.3. The van der Waals surface area contributed by atoms with Crippen LogP contribution in [0.1, 0.15) is 5.82 Å². The Morgan fingerprint density at radius 1 is 1.17 bits per heavy atom. The zero-order chi connectivity index (χ0) is 21.0. The summed E-state index contributed by atoms with van der Waals surface area (Å²) < 4.78 is 20.5. The molecule has 11 heteroatoms. The fourth-order valence-corrected chi connectivity index (χ4v) is 3.47. The number of aromatic nitrogens is 3. The number of nitrogens with one attached hydrogen (secondary N) is 1. The Morgan fingerprint density at radius 2 is 1.97 bits per heavy atom. The summed E-state index contributed by atoms with van der Waals surface area (Å²) in [6, 6.07) is 8.89. The van der Waals surface area contributed by atoms with Crippen molar-refractivity contribution in [3.8, 4) is 5.75 Å². The van der Waals surface area contributed by atoms with Crippen LogP contribution in [0.3, 0.4) is 0 Å². The summed E-state index contributed by atoms with van der Waals surface area (Å²) in [6.45, 7) is 0.129. The molecule has 3 aromatic rings. The smallest absolute Gasteiger partial charge is 0.234 e. The first-order valence-electron chi connectivity index (χ1n) is 8.17. The predicted molar refractivity (Wildman–Crippen MR) is 113 cm³/mol. The van der Waals surface area contributed by atoms with E-state index in [1.807, 2.05) is 0 Å². The van der Waals surface area contributed by atoms with E-state index in [1.54, 1.807) is 29.8 Å². The highest BCUT2D eigenvalue weighted by Crippen LogP contribution is 2.28. The van der Waals surface area contributed by atoms with Crippen molar-refractivity contribution in [2.24, 2.45) is 7.05 Å². The van der Waals surface area contributed by atoms with Gasteiger partial charge in [0.1, 0.15) is 18.2 Å². The molecule has 0 radical (unpaired) electrons. The van der Waals surface area contributed by atoms with Gasteiger partial charge in [0.05, 0.1) is 15.8 Å². The first kappa shape index (κ1) is 21.7. The number of nitrogens with zero attached hydrogens (tertiary/aromatic N) is 3. The maximum Gasteiger partial charge on any atom is 0.234 e. The molecule has 6 nitrogen and oxygen atoms in total. The molecular weight excluding hydrogens is 462 g/mol. The van der Waals surface area contributed by atoms with Gasteiger partial charge in [0, 0.05) is 23.8 Å². The maximum absolute atomic E-state index is 13.2. The summed E-state index contributed by atoms with van der Waals surface area (Å²) in [5, 5.41) is 12.2. The third kappa shape index (κ3) is 5.76. The molecule has 152 valence electrons. The second-order valence-electron chi connectivity index (χ2n) is 5.79. The van der Waals surface area contributed by atoms with Crippen LogP contribution in [0.5, 0.6) is 5.75 Å². The maximum atomic E-state index is 13.2. The molecule has 29 heavy (non-hydrogen) atoms. The zero-order valence-electron chi connectivity index (χ0n) is 15.0. The molecule has 0 atom stereocenters. The van der Waals surface area contributed by atoms with Crippen LogP contribution in [0.25, 0.3) is 0 Å². The van der Waals surface area contributed by atoms with Crippen molar-refractivity contribution in [1.29, 1.82) is 0 Å². The molecule has 0 saturated heterocycles. The third-order valence-corrected chi connectivity index (χ3v) is 5.57. The molecule has 0 bridgehead atoms. The van der Waals surface area contributed by atoms with Gasteiger partial charge >= 0.3 is 0 Å². The van der Waals surface area contributed by atoms with E-state index in [9.17, 15) is 9.18 Å². The van der Waals surface area contributed by atoms with Crippen LogP contribution >= 0.6 is 46.6 Å². The lowest BCUT2D eigenvalue weighted by Crippen LogP contribution is -2.14. The van der Waals surface area contributed by atoms with Crippen molar-refractivity contribution in [3.05, 3.63) is 63.1 Å². The molecule has 0 aliphatic rings. The topological polar surface area (TPSA) is 69.0 Å². The number of hydrogen-bond acceptors (Lipinski definition) is 5. The Hall–Kier alpha value is -2.00. The number of hydrogen-bond donors (Lipinski definition) is 1. The number of rotatable bonds is 7. The van der Waals surface area contributed by atoms with E-state index < -0.39 is 5.82 Å². The highest BCUT2D eigenvalue weighted by Gasteiger charge is 2.13. The van der Waals surface area contributed by atoms with Crippen molar-refractivity contribution >= 4 is 58.2 Å². The van der Waals surface area contributed by atoms with Crippen molar-refractivity contribution in [2.45, 2.75) is 11.8 Å². The van der Waals surface area contributed by atoms with Gasteiger partial charge in [-0.15, -0.1) is 10.2 Å². The summed E-state index contributed by atoms with van der Waals surface area (Å²) in [7, 11) is 1.76. The minimum atomic E-state index is -0.549. The molecule has 0 spiro atoms. The van der Waals surface area contributed by atoms with Gasteiger partial charge in [-0.3, -0.25) is 4.79 Å². The first-order valence-corrected chi connectivity index (χ1v) is 10.3. The Balaban J connectivity index is 1.55. The van der Waals surface area contributed by atoms with Gasteiger partial charge in [-0.25, -0.2) is 4.39 Å². The van der Waals surface area contributed by atoms with Crippen LogP contribution in [-0.2, 0) is 18.4 Å². The second kappa shape index (κ2) is 9.67. The number of carbonyl (C=O) groups excluding carboxylic acids is 1. The number of amides is 1. The molecule has 0 unspecified atom stereocenters. The van der Waals surface area contributed by atoms with E-state index in [0.29, 0.717) is 32.5 Å². The summed E-state index contributed by atoms with van der Waals surface area (Å²) in [5.41, 5.74) is 0.410. The number of halogens is 4. The standard InChI is InChI=1S/C18H14Cl3FN4O2S/c1-26-16(8-28-15-6-10(19)2-4-12(15)20)24-25-18(26)29-9-17(27)23-11-3-5-14(22)13(21)7-11/h2-7H,8-9H2,1H3,(H,23,27). The lowest BCUT2D eigenvalue weighted by Gasteiger charge is -2.08. The zero-order valence-corrected chi connectivity index (χ0v) is 18.0. The van der Waals surface area contributed by atoms with Gasteiger partial charge < -0.3 is 14.6 Å². The molecule has 3 rings (SSSR count). The molecule has 1 heterocycles. The van der Waals surface area contributed by atoms with Crippen molar-refractivity contribution in [3.63, 3.8) is 0 Å². The molecule has 0 saturated carbocycles. The average Bonchev–Trinajstić information content (AvgIpc) is 3.03. The second-order valence-corrected chi connectivity index (χ2v) is 7.98. The minimum absolute atomic E-state index is 0.0618. The SMILES string of the molecule is Cn1c(COc2cc(Cl)ccc2Cl)nnc1SCC(=O)Nc1ccc(F)c(Cl)c1. The van der Waals surface area contributed by atoms with Crippen molar-refractivity contribution < 1.29 is 13.9 Å². The quantitative estimate of drug-likeness (QED) is 0.474. The summed E-state index contributed by atoms with van der Waals surface area (Å²) >= 11 is 18.9. The van der Waals surface area contributed by atoms with Gasteiger partial charge in [0.2, 0.25) is 5.91 Å². The predicted octanol–water partition coefficient (Wildman–Crippen LogP) is 5.22. The fraction of sp³-hybridized carbons (Fsp3) is 0.167. The van der Waals surface area contributed by atoms with E-state index in [2.05, 4.69) is 15.5 Å². The molecule has 2 aromatic carbocycles. The van der Waals surface area contributed by atoms with Gasteiger partial charge in [-0.1, -0.05) is 46.6 Å². The molecule has 0 aliphatic heterocycles. The monoisotopic (exact) mass is 474 g/mol. The lowest BCUT2D eigenvalue weighted by molar-refractivity contribution is -0.113. The first-order chi connectivity index (χ1) is 13.8. The largest absolute Gasteiger partial charge is 0.484 e. The molecular formula is C18H14Cl3FN4O2S. The summed E-state index contributed by atoms with van der Waals surface area (Å²) in [4.78, 5) is 12.1.